The number of nitrogens with two attached hydrogens (primary N) is 1. The second kappa shape index (κ2) is 7.47. The fourth-order valence-electron chi connectivity index (χ4n) is 2.28. The first-order valence-electron chi connectivity index (χ1n) is 7.48. The zero-order valence-corrected chi connectivity index (χ0v) is 13.8. The highest BCUT2D eigenvalue weighted by Gasteiger charge is 2.26. The summed E-state index contributed by atoms with van der Waals surface area (Å²) in [7, 11) is 0. The Morgan fingerprint density at radius 3 is 2.77 bits per heavy atom. The van der Waals surface area contributed by atoms with Gasteiger partial charge >= 0.3 is 0 Å². The van der Waals surface area contributed by atoms with Crippen LogP contribution in [0.15, 0.2) is 29.9 Å². The normalized spacial score (nSPS) is 11.4. The second-order valence-electron chi connectivity index (χ2n) is 5.30. The molecule has 118 valence electrons. The third kappa shape index (κ3) is 3.90. The van der Waals surface area contributed by atoms with Gasteiger partial charge in [0.2, 0.25) is 5.91 Å². The summed E-state index contributed by atoms with van der Waals surface area (Å²) in [6.07, 6.45) is 5.43. The van der Waals surface area contributed by atoms with Crippen molar-refractivity contribution in [2.45, 2.75) is 38.6 Å². The summed E-state index contributed by atoms with van der Waals surface area (Å²) in [5.41, 5.74) is 7.26. The summed E-state index contributed by atoms with van der Waals surface area (Å²) >= 11 is 1.52. The number of nitrogens with one attached hydrogen (secondary N) is 1. The number of pyridine rings is 1. The molecule has 0 spiro atoms. The van der Waals surface area contributed by atoms with Gasteiger partial charge in [-0.25, -0.2) is 4.98 Å². The number of thiazole rings is 1. The molecule has 0 unspecified atom stereocenters. The molecule has 0 aliphatic heterocycles. The number of rotatable bonds is 7. The van der Waals surface area contributed by atoms with Gasteiger partial charge in [0.25, 0.3) is 0 Å². The highest BCUT2D eigenvalue weighted by Crippen LogP contribution is 2.23. The molecule has 2 rings (SSSR count). The maximum absolute atomic E-state index is 12.2. The van der Waals surface area contributed by atoms with Crippen LogP contribution >= 0.6 is 11.3 Å². The molecule has 2 aromatic rings. The molecule has 22 heavy (non-hydrogen) atoms. The lowest BCUT2D eigenvalue weighted by Gasteiger charge is -2.31. The fourth-order valence-corrected chi connectivity index (χ4v) is 3.09. The number of aromatic nitrogens is 2. The van der Waals surface area contributed by atoms with Crippen LogP contribution < -0.4 is 11.1 Å². The van der Waals surface area contributed by atoms with Crippen molar-refractivity contribution < 1.29 is 4.79 Å². The van der Waals surface area contributed by atoms with Gasteiger partial charge in [0.15, 0.2) is 0 Å². The Morgan fingerprint density at radius 1 is 1.41 bits per heavy atom. The van der Waals surface area contributed by atoms with Crippen molar-refractivity contribution in [2.75, 3.05) is 6.54 Å². The molecule has 0 saturated carbocycles. The molecule has 6 heteroatoms. The van der Waals surface area contributed by atoms with Crippen molar-refractivity contribution >= 4 is 17.2 Å². The lowest BCUT2D eigenvalue weighted by molar-refractivity contribution is -0.122. The van der Waals surface area contributed by atoms with Crippen LogP contribution in [0.5, 0.6) is 0 Å². The number of carbonyl (C=O) groups is 1. The van der Waals surface area contributed by atoms with Crippen molar-refractivity contribution in [2.24, 2.45) is 5.73 Å². The summed E-state index contributed by atoms with van der Waals surface area (Å²) in [5.74, 6) is -0.0304. The van der Waals surface area contributed by atoms with Crippen LogP contribution in [-0.4, -0.2) is 28.0 Å². The van der Waals surface area contributed by atoms with Gasteiger partial charge in [-0.1, -0.05) is 13.8 Å². The minimum absolute atomic E-state index is 0.0304. The van der Waals surface area contributed by atoms with Crippen LogP contribution in [-0.2, 0) is 11.2 Å². The van der Waals surface area contributed by atoms with E-state index in [0.717, 1.165) is 29.1 Å². The number of hydrogen-bond acceptors (Lipinski definition) is 5. The lowest BCUT2D eigenvalue weighted by atomic mass is 9.92. The van der Waals surface area contributed by atoms with Crippen molar-refractivity contribution in [3.63, 3.8) is 0 Å². The van der Waals surface area contributed by atoms with E-state index >= 15 is 0 Å². The molecule has 0 fully saturated rings. The molecular formula is C16H22N4OS. The SMILES string of the molecule is CCC(CC)(CN)NC(=O)Cc1csc(-c2cccnc2)n1. The van der Waals surface area contributed by atoms with Gasteiger partial charge in [-0.15, -0.1) is 11.3 Å². The average molecular weight is 318 g/mol. The first kappa shape index (κ1) is 16.6. The Balaban J connectivity index is 2.02. The predicted molar refractivity (Wildman–Crippen MR) is 89.6 cm³/mol. The third-order valence-electron chi connectivity index (χ3n) is 3.95. The van der Waals surface area contributed by atoms with Crippen LogP contribution in [0.25, 0.3) is 10.6 Å². The third-order valence-corrected chi connectivity index (χ3v) is 4.89. The number of nitrogens with zero attached hydrogens (tertiary/aromatic N) is 2. The minimum atomic E-state index is -0.306. The Kier molecular flexibility index (Phi) is 5.63. The van der Waals surface area contributed by atoms with Gasteiger partial charge in [-0.2, -0.15) is 0 Å². The topological polar surface area (TPSA) is 80.9 Å². The average Bonchev–Trinajstić information content (AvgIpc) is 3.02. The highest BCUT2D eigenvalue weighted by atomic mass is 32.1. The van der Waals surface area contributed by atoms with E-state index in [1.165, 1.54) is 11.3 Å². The Labute approximate surface area is 135 Å². The van der Waals surface area contributed by atoms with Crippen molar-refractivity contribution in [3.05, 3.63) is 35.6 Å². The van der Waals surface area contributed by atoms with Crippen LogP contribution in [0.4, 0.5) is 0 Å². The molecule has 1 amide bonds. The molecule has 3 N–H and O–H groups in total. The maximum Gasteiger partial charge on any atom is 0.226 e. The zero-order chi connectivity index (χ0) is 16.0. The summed E-state index contributed by atoms with van der Waals surface area (Å²) in [6, 6.07) is 3.84. The highest BCUT2D eigenvalue weighted by molar-refractivity contribution is 7.13. The molecule has 0 aliphatic rings. The van der Waals surface area contributed by atoms with Gasteiger partial charge in [0, 0.05) is 29.9 Å². The molecule has 2 heterocycles. The summed E-state index contributed by atoms with van der Waals surface area (Å²) in [5, 5.41) is 5.87. The van der Waals surface area contributed by atoms with E-state index < -0.39 is 0 Å². The van der Waals surface area contributed by atoms with Crippen molar-refractivity contribution in [1.82, 2.24) is 15.3 Å². The predicted octanol–water partition coefficient (Wildman–Crippen LogP) is 2.38. The van der Waals surface area contributed by atoms with Gasteiger partial charge in [-0.05, 0) is 25.0 Å². The van der Waals surface area contributed by atoms with Crippen LogP contribution in [0.2, 0.25) is 0 Å². The van der Waals surface area contributed by atoms with E-state index in [4.69, 9.17) is 5.73 Å². The molecule has 0 aliphatic carbocycles. The number of amides is 1. The van der Waals surface area contributed by atoms with Gasteiger partial charge < -0.3 is 11.1 Å². The molecular weight excluding hydrogens is 296 g/mol. The molecule has 2 aromatic heterocycles. The van der Waals surface area contributed by atoms with E-state index in [-0.39, 0.29) is 17.9 Å². The zero-order valence-electron chi connectivity index (χ0n) is 13.0. The standard InChI is InChI=1S/C16H22N4OS/c1-3-16(4-2,11-17)20-14(21)8-13-10-22-15(19-13)12-6-5-7-18-9-12/h5-7,9-10H,3-4,8,11,17H2,1-2H3,(H,20,21). The van der Waals surface area contributed by atoms with E-state index in [2.05, 4.69) is 15.3 Å². The minimum Gasteiger partial charge on any atom is -0.349 e. The van der Waals surface area contributed by atoms with Crippen molar-refractivity contribution in [3.8, 4) is 10.6 Å². The molecule has 0 radical (unpaired) electrons. The monoisotopic (exact) mass is 318 g/mol. The molecule has 0 atom stereocenters. The molecule has 0 saturated heterocycles. The van der Waals surface area contributed by atoms with Crippen molar-refractivity contribution in [1.29, 1.82) is 0 Å². The summed E-state index contributed by atoms with van der Waals surface area (Å²) in [4.78, 5) is 20.8. The maximum atomic E-state index is 12.2. The molecule has 0 aromatic carbocycles. The largest absolute Gasteiger partial charge is 0.349 e. The van der Waals surface area contributed by atoms with Gasteiger partial charge in [0.1, 0.15) is 5.01 Å². The Hall–Kier alpha value is -1.79. The van der Waals surface area contributed by atoms with Crippen LogP contribution in [0.3, 0.4) is 0 Å². The smallest absolute Gasteiger partial charge is 0.226 e. The van der Waals surface area contributed by atoms with Gasteiger partial charge in [-0.3, -0.25) is 9.78 Å². The summed E-state index contributed by atoms with van der Waals surface area (Å²) in [6.45, 7) is 4.53. The van der Waals surface area contributed by atoms with Gasteiger partial charge in [0.05, 0.1) is 17.7 Å². The quantitative estimate of drug-likeness (QED) is 0.821. The molecule has 5 nitrogen and oxygen atoms in total. The summed E-state index contributed by atoms with van der Waals surface area (Å²) < 4.78 is 0. The number of carbonyl (C=O) groups excluding carboxylic acids is 1. The Bertz CT molecular complexity index is 599. The van der Waals surface area contributed by atoms with Crippen LogP contribution in [0.1, 0.15) is 32.4 Å². The van der Waals surface area contributed by atoms with E-state index in [9.17, 15) is 4.79 Å². The number of hydrogen-bond donors (Lipinski definition) is 2. The lowest BCUT2D eigenvalue weighted by Crippen LogP contribution is -2.53. The van der Waals surface area contributed by atoms with E-state index in [0.29, 0.717) is 6.54 Å². The van der Waals surface area contributed by atoms with Crippen LogP contribution in [0, 0.1) is 0 Å². The Morgan fingerprint density at radius 2 is 2.18 bits per heavy atom. The second-order valence-corrected chi connectivity index (χ2v) is 6.16. The van der Waals surface area contributed by atoms with E-state index in [1.807, 2.05) is 31.4 Å². The molecule has 0 bridgehead atoms. The first-order chi connectivity index (χ1) is 10.6. The first-order valence-corrected chi connectivity index (χ1v) is 8.36. The van der Waals surface area contributed by atoms with E-state index in [1.54, 1.807) is 12.4 Å². The fraction of sp³-hybridized carbons (Fsp3) is 0.438.